The van der Waals surface area contributed by atoms with Crippen LogP contribution in [0.25, 0.3) is 0 Å². The van der Waals surface area contributed by atoms with Gasteiger partial charge in [-0.2, -0.15) is 18.3 Å². The molecule has 1 aromatic carbocycles. The van der Waals surface area contributed by atoms with Crippen molar-refractivity contribution in [1.29, 1.82) is 0 Å². The topological polar surface area (TPSA) is 85.6 Å². The van der Waals surface area contributed by atoms with Crippen LogP contribution in [-0.2, 0) is 35.0 Å². The predicted molar refractivity (Wildman–Crippen MR) is 129 cm³/mol. The molecule has 1 aliphatic heterocycles. The lowest BCUT2D eigenvalue weighted by Gasteiger charge is -2.27. The average Bonchev–Trinajstić information content (AvgIpc) is 3.13. The summed E-state index contributed by atoms with van der Waals surface area (Å²) in [6.07, 6.45) is -3.53. The van der Waals surface area contributed by atoms with Crippen LogP contribution in [0.1, 0.15) is 72.8 Å². The molecule has 0 radical (unpaired) electrons. The second-order valence-corrected chi connectivity index (χ2v) is 10.1. The number of ether oxygens (including phenoxy) is 2. The van der Waals surface area contributed by atoms with E-state index in [0.717, 1.165) is 30.7 Å². The van der Waals surface area contributed by atoms with Crippen molar-refractivity contribution in [3.05, 3.63) is 51.3 Å². The number of halogens is 4. The van der Waals surface area contributed by atoms with Crippen LogP contribution in [0.15, 0.2) is 18.2 Å². The summed E-state index contributed by atoms with van der Waals surface area (Å²) < 4.78 is 52.5. The fraction of sp³-hybridized carbons (Fsp3) is 0.600. The Morgan fingerprint density at radius 3 is 2.69 bits per heavy atom. The smallest absolute Gasteiger partial charge is 0.381 e. The summed E-state index contributed by atoms with van der Waals surface area (Å²) in [4.78, 5) is 12.9. The largest absolute Gasteiger partial charge is 0.417 e. The first kappa shape index (κ1) is 28.4. The third kappa shape index (κ3) is 7.21. The summed E-state index contributed by atoms with van der Waals surface area (Å²) in [7, 11) is 0. The standard InChI is InChI=1S/C25H33ClF3N3O4/c1-4-19-21-20(7-5-11-35-12-6-10-30-22(21)33)32(31-19)14-24(2,3)15-36-23(34)16-8-9-18(26)17(13-16)25(27,28)29/h8-9,13,23,34H,4-7,10-12,14-15H2,1-3H3,(H,30,33). The number of benzene rings is 1. The van der Waals surface area contributed by atoms with Crippen LogP contribution in [0.3, 0.4) is 0 Å². The number of aromatic nitrogens is 2. The molecule has 200 valence electrons. The van der Waals surface area contributed by atoms with Crippen molar-refractivity contribution in [3.63, 3.8) is 0 Å². The fourth-order valence-electron chi connectivity index (χ4n) is 4.12. The first-order valence-electron chi connectivity index (χ1n) is 12.0. The third-order valence-corrected chi connectivity index (χ3v) is 6.27. The van der Waals surface area contributed by atoms with Crippen LogP contribution in [0.2, 0.25) is 5.02 Å². The van der Waals surface area contributed by atoms with Gasteiger partial charge in [0, 0.05) is 37.3 Å². The van der Waals surface area contributed by atoms with Gasteiger partial charge in [0.1, 0.15) is 0 Å². The second-order valence-electron chi connectivity index (χ2n) is 9.67. The highest BCUT2D eigenvalue weighted by molar-refractivity contribution is 6.31. The molecule has 1 atom stereocenters. The molecule has 0 aliphatic carbocycles. The van der Waals surface area contributed by atoms with Crippen molar-refractivity contribution in [2.45, 2.75) is 65.5 Å². The van der Waals surface area contributed by atoms with E-state index < -0.39 is 28.5 Å². The normalized spacial score (nSPS) is 16.7. The molecule has 2 aromatic rings. The van der Waals surface area contributed by atoms with E-state index in [1.807, 2.05) is 25.5 Å². The van der Waals surface area contributed by atoms with Crippen molar-refractivity contribution in [3.8, 4) is 0 Å². The molecule has 1 aromatic heterocycles. The number of carbonyl (C=O) groups excluding carboxylic acids is 1. The summed E-state index contributed by atoms with van der Waals surface area (Å²) in [5.41, 5.74) is 0.480. The number of rotatable bonds is 7. The Labute approximate surface area is 213 Å². The average molecular weight is 532 g/mol. The molecule has 1 unspecified atom stereocenters. The van der Waals surface area contributed by atoms with E-state index >= 15 is 0 Å². The van der Waals surface area contributed by atoms with Crippen molar-refractivity contribution in [2.24, 2.45) is 5.41 Å². The van der Waals surface area contributed by atoms with Gasteiger partial charge in [-0.15, -0.1) is 0 Å². The van der Waals surface area contributed by atoms with E-state index in [-0.39, 0.29) is 18.1 Å². The summed E-state index contributed by atoms with van der Waals surface area (Å²) >= 11 is 5.67. The number of nitrogens with one attached hydrogen (secondary N) is 1. The van der Waals surface area contributed by atoms with Crippen LogP contribution >= 0.6 is 11.6 Å². The molecule has 2 heterocycles. The summed E-state index contributed by atoms with van der Waals surface area (Å²) in [5, 5.41) is 17.6. The van der Waals surface area contributed by atoms with Crippen molar-refractivity contribution in [1.82, 2.24) is 15.1 Å². The molecule has 3 rings (SSSR count). The van der Waals surface area contributed by atoms with Crippen LogP contribution in [0, 0.1) is 5.41 Å². The molecule has 11 heteroatoms. The van der Waals surface area contributed by atoms with Gasteiger partial charge in [-0.1, -0.05) is 38.4 Å². The highest BCUT2D eigenvalue weighted by Gasteiger charge is 2.34. The molecule has 36 heavy (non-hydrogen) atoms. The SMILES string of the molecule is CCc1nn(CC(C)(C)COC(O)c2ccc(Cl)c(C(F)(F)F)c2)c2c1C(=O)NCCCOCCC2. The molecule has 1 aliphatic rings. The van der Waals surface area contributed by atoms with E-state index in [4.69, 9.17) is 26.2 Å². The molecular formula is C25H33ClF3N3O4. The van der Waals surface area contributed by atoms with Crippen LogP contribution < -0.4 is 5.32 Å². The Morgan fingerprint density at radius 2 is 2.00 bits per heavy atom. The van der Waals surface area contributed by atoms with Gasteiger partial charge < -0.3 is 19.9 Å². The van der Waals surface area contributed by atoms with E-state index in [1.54, 1.807) is 0 Å². The minimum absolute atomic E-state index is 0.0313. The monoisotopic (exact) mass is 531 g/mol. The van der Waals surface area contributed by atoms with Crippen LogP contribution in [-0.4, -0.2) is 47.2 Å². The van der Waals surface area contributed by atoms with Crippen LogP contribution in [0.5, 0.6) is 0 Å². The minimum atomic E-state index is -4.64. The molecule has 7 nitrogen and oxygen atoms in total. The Kier molecular flexibility index (Phi) is 9.43. The first-order valence-corrected chi connectivity index (χ1v) is 12.4. The maximum absolute atomic E-state index is 13.2. The summed E-state index contributed by atoms with van der Waals surface area (Å²) in [6.45, 7) is 7.85. The minimum Gasteiger partial charge on any atom is -0.381 e. The van der Waals surface area contributed by atoms with Gasteiger partial charge in [0.2, 0.25) is 0 Å². The fourth-order valence-corrected chi connectivity index (χ4v) is 4.34. The third-order valence-electron chi connectivity index (χ3n) is 5.94. The Morgan fingerprint density at radius 1 is 1.28 bits per heavy atom. The lowest BCUT2D eigenvalue weighted by molar-refractivity contribution is -0.139. The number of hydrogen-bond donors (Lipinski definition) is 2. The number of fused-ring (bicyclic) bond motifs is 1. The van der Waals surface area contributed by atoms with E-state index in [0.29, 0.717) is 50.4 Å². The number of nitrogens with zero attached hydrogens (tertiary/aromatic N) is 2. The van der Waals surface area contributed by atoms with Crippen LogP contribution in [0.4, 0.5) is 13.2 Å². The van der Waals surface area contributed by atoms with Gasteiger partial charge in [0.05, 0.1) is 34.1 Å². The highest BCUT2D eigenvalue weighted by Crippen LogP contribution is 2.36. The van der Waals surface area contributed by atoms with Crippen molar-refractivity contribution in [2.75, 3.05) is 26.4 Å². The maximum atomic E-state index is 13.2. The van der Waals surface area contributed by atoms with E-state index in [2.05, 4.69) is 5.32 Å². The summed E-state index contributed by atoms with van der Waals surface area (Å²) in [5.74, 6) is -0.150. The number of amides is 1. The van der Waals surface area contributed by atoms with E-state index in [1.165, 1.54) is 6.07 Å². The number of aliphatic hydroxyl groups excluding tert-OH is 1. The lowest BCUT2D eigenvalue weighted by atomic mass is 9.94. The van der Waals surface area contributed by atoms with Gasteiger partial charge in [-0.05, 0) is 37.8 Å². The molecule has 2 N–H and O–H groups in total. The molecule has 0 bridgehead atoms. The zero-order valence-corrected chi connectivity index (χ0v) is 21.5. The first-order chi connectivity index (χ1) is 16.9. The Hall–Kier alpha value is -2.14. The Bertz CT molecular complexity index is 1060. The number of carbonyl (C=O) groups is 1. The molecule has 0 fully saturated rings. The Balaban J connectivity index is 1.77. The molecular weight excluding hydrogens is 499 g/mol. The van der Waals surface area contributed by atoms with Gasteiger partial charge in [0.15, 0.2) is 6.29 Å². The molecule has 0 saturated carbocycles. The molecule has 0 saturated heterocycles. The van der Waals surface area contributed by atoms with Crippen molar-refractivity contribution < 1.29 is 32.5 Å². The number of alkyl halides is 3. The van der Waals surface area contributed by atoms with Gasteiger partial charge >= 0.3 is 6.18 Å². The van der Waals surface area contributed by atoms with Gasteiger partial charge in [-0.25, -0.2) is 0 Å². The van der Waals surface area contributed by atoms with Gasteiger partial charge in [0.25, 0.3) is 5.91 Å². The van der Waals surface area contributed by atoms with Gasteiger partial charge in [-0.3, -0.25) is 9.48 Å². The molecule has 1 amide bonds. The number of aryl methyl sites for hydroxylation is 1. The van der Waals surface area contributed by atoms with E-state index in [9.17, 15) is 23.1 Å². The predicted octanol–water partition coefficient (Wildman–Crippen LogP) is 4.93. The summed E-state index contributed by atoms with van der Waals surface area (Å²) in [6, 6.07) is 3.18. The zero-order valence-electron chi connectivity index (χ0n) is 20.8. The second kappa shape index (κ2) is 11.9. The highest BCUT2D eigenvalue weighted by atomic mass is 35.5. The lowest BCUT2D eigenvalue weighted by Crippen LogP contribution is -2.29. The quantitative estimate of drug-likeness (QED) is 0.495. The zero-order chi connectivity index (χ0) is 26.5. The van der Waals surface area contributed by atoms with Crippen molar-refractivity contribution >= 4 is 17.5 Å². The maximum Gasteiger partial charge on any atom is 0.417 e. The molecule has 0 spiro atoms. The number of aliphatic hydroxyl groups is 1. The number of hydrogen-bond acceptors (Lipinski definition) is 5.